The van der Waals surface area contributed by atoms with Crippen LogP contribution in [0.15, 0.2) is 12.2 Å². The first-order valence-electron chi connectivity index (χ1n) is 8.23. The van der Waals surface area contributed by atoms with Crippen molar-refractivity contribution in [3.63, 3.8) is 0 Å². The summed E-state index contributed by atoms with van der Waals surface area (Å²) >= 11 is 0. The molecule has 0 radical (unpaired) electrons. The number of carbonyl (C=O) groups is 1. The first-order chi connectivity index (χ1) is 10.8. The van der Waals surface area contributed by atoms with Crippen LogP contribution in [0.3, 0.4) is 0 Å². The summed E-state index contributed by atoms with van der Waals surface area (Å²) < 4.78 is 22.2. The van der Waals surface area contributed by atoms with E-state index in [0.717, 1.165) is 0 Å². The van der Waals surface area contributed by atoms with E-state index in [-0.39, 0.29) is 11.6 Å². The molecule has 3 atom stereocenters. The molecule has 1 heterocycles. The highest BCUT2D eigenvalue weighted by atomic mass is 28.4. The molecule has 0 amide bonds. The number of carbonyl (C=O) groups excluding carboxylic acids is 1. The highest BCUT2D eigenvalue weighted by Gasteiger charge is 2.45. The zero-order valence-electron chi connectivity index (χ0n) is 16.1. The Bertz CT molecular complexity index is 466. The maximum absolute atomic E-state index is 11.3. The molecule has 6 nitrogen and oxygen atoms in total. The number of methoxy groups -OCH3 is 1. The molecule has 0 saturated carbocycles. The summed E-state index contributed by atoms with van der Waals surface area (Å²) in [4.78, 5) is 11.3. The van der Waals surface area contributed by atoms with Gasteiger partial charge in [-0.15, -0.1) is 0 Å². The molecule has 1 aliphatic rings. The molecule has 0 aliphatic carbocycles. The van der Waals surface area contributed by atoms with Gasteiger partial charge < -0.3 is 23.7 Å². The van der Waals surface area contributed by atoms with Gasteiger partial charge >= 0.3 is 5.97 Å². The van der Waals surface area contributed by atoms with Crippen molar-refractivity contribution in [2.45, 2.75) is 76.8 Å². The van der Waals surface area contributed by atoms with Gasteiger partial charge in [-0.2, -0.15) is 0 Å². The number of hydrogen-bond acceptors (Lipinski definition) is 6. The molecule has 1 saturated heterocycles. The zero-order chi connectivity index (χ0) is 18.8. The molecular formula is C17H32O6Si. The lowest BCUT2D eigenvalue weighted by molar-refractivity contribution is -0.155. The van der Waals surface area contributed by atoms with E-state index in [1.807, 2.05) is 0 Å². The van der Waals surface area contributed by atoms with Gasteiger partial charge in [0.1, 0.15) is 18.3 Å². The number of aliphatic hydroxyl groups excluding tert-OH is 1. The van der Waals surface area contributed by atoms with Crippen molar-refractivity contribution in [3.05, 3.63) is 12.2 Å². The quantitative estimate of drug-likeness (QED) is 0.446. The van der Waals surface area contributed by atoms with Crippen LogP contribution in [0.5, 0.6) is 0 Å². The van der Waals surface area contributed by atoms with Gasteiger partial charge in [0.25, 0.3) is 0 Å². The van der Waals surface area contributed by atoms with E-state index in [1.54, 1.807) is 19.9 Å². The number of ether oxygens (including phenoxy) is 3. The topological polar surface area (TPSA) is 74.2 Å². The second-order valence-corrected chi connectivity index (χ2v) is 12.9. The van der Waals surface area contributed by atoms with E-state index in [4.69, 9.17) is 13.9 Å². The minimum Gasteiger partial charge on any atom is -0.466 e. The highest BCUT2D eigenvalue weighted by molar-refractivity contribution is 6.74. The van der Waals surface area contributed by atoms with Crippen molar-refractivity contribution in [1.29, 1.82) is 0 Å². The molecule has 24 heavy (non-hydrogen) atoms. The van der Waals surface area contributed by atoms with Gasteiger partial charge in [0, 0.05) is 6.08 Å². The largest absolute Gasteiger partial charge is 0.466 e. The molecule has 0 bridgehead atoms. The van der Waals surface area contributed by atoms with E-state index in [0.29, 0.717) is 0 Å². The van der Waals surface area contributed by atoms with Crippen LogP contribution in [0.4, 0.5) is 0 Å². The van der Waals surface area contributed by atoms with Crippen molar-refractivity contribution in [2.24, 2.45) is 0 Å². The Morgan fingerprint density at radius 2 is 1.92 bits per heavy atom. The summed E-state index contributed by atoms with van der Waals surface area (Å²) in [5, 5.41) is 10.6. The average molecular weight is 361 g/mol. The molecule has 7 heteroatoms. The monoisotopic (exact) mass is 360 g/mol. The van der Waals surface area contributed by atoms with Crippen LogP contribution in [-0.2, 0) is 23.4 Å². The van der Waals surface area contributed by atoms with Crippen molar-refractivity contribution >= 4 is 14.3 Å². The van der Waals surface area contributed by atoms with Gasteiger partial charge in [-0.1, -0.05) is 20.8 Å². The summed E-state index contributed by atoms with van der Waals surface area (Å²) in [5.41, 5.74) is 0. The molecule has 0 aromatic heterocycles. The molecule has 0 unspecified atom stereocenters. The highest BCUT2D eigenvalue weighted by Crippen LogP contribution is 2.37. The third-order valence-corrected chi connectivity index (χ3v) is 9.09. The minimum absolute atomic E-state index is 0.0587. The number of rotatable bonds is 6. The predicted octanol–water partition coefficient (Wildman–Crippen LogP) is 2.62. The smallest absolute Gasteiger partial charge is 0.330 e. The fourth-order valence-electron chi connectivity index (χ4n) is 2.11. The minimum atomic E-state index is -1.97. The normalized spacial score (nSPS) is 25.9. The van der Waals surface area contributed by atoms with Gasteiger partial charge in [-0.25, -0.2) is 4.79 Å². The van der Waals surface area contributed by atoms with Crippen molar-refractivity contribution in [3.8, 4) is 0 Å². The van der Waals surface area contributed by atoms with Gasteiger partial charge in [0.15, 0.2) is 14.1 Å². The van der Waals surface area contributed by atoms with Crippen LogP contribution in [0.2, 0.25) is 18.1 Å². The second kappa shape index (κ2) is 7.66. The Labute approximate surface area is 146 Å². The Hall–Kier alpha value is -0.733. The molecule has 1 aliphatic heterocycles. The van der Waals surface area contributed by atoms with Gasteiger partial charge in [0.2, 0.25) is 0 Å². The summed E-state index contributed by atoms with van der Waals surface area (Å²) in [5.74, 6) is -1.32. The maximum Gasteiger partial charge on any atom is 0.330 e. The van der Waals surface area contributed by atoms with Crippen LogP contribution >= 0.6 is 0 Å². The van der Waals surface area contributed by atoms with Crippen LogP contribution in [-0.4, -0.2) is 57.2 Å². The predicted molar refractivity (Wildman–Crippen MR) is 94.1 cm³/mol. The number of hydrogen-bond donors (Lipinski definition) is 1. The second-order valence-electron chi connectivity index (χ2n) is 8.09. The standard InChI is InChI=1S/C17H32O6Si/c1-16(2,3)24(7,8)21-11-12(18)15-13(9-10-14(19)20-6)22-17(4,5)23-15/h9-10,12-13,15,18H,11H2,1-8H3/b10-9-/t12-,13+,15-/m1/s1. The Balaban J connectivity index is 2.77. The van der Waals surface area contributed by atoms with E-state index in [2.05, 4.69) is 38.6 Å². The lowest BCUT2D eigenvalue weighted by Gasteiger charge is -2.37. The van der Waals surface area contributed by atoms with Gasteiger partial charge in [-0.05, 0) is 38.1 Å². The number of aliphatic hydroxyl groups is 1. The molecule has 0 spiro atoms. The molecule has 1 rings (SSSR count). The van der Waals surface area contributed by atoms with Crippen LogP contribution in [0, 0.1) is 0 Å². The van der Waals surface area contributed by atoms with E-state index in [1.165, 1.54) is 13.2 Å². The third-order valence-electron chi connectivity index (χ3n) is 4.59. The fourth-order valence-corrected chi connectivity index (χ4v) is 3.13. The lowest BCUT2D eigenvalue weighted by Crippen LogP contribution is -2.46. The molecular weight excluding hydrogens is 328 g/mol. The SMILES string of the molecule is COC(=O)/C=C\[C@@H]1OC(C)(C)O[C@@H]1[C@H](O)CO[Si](C)(C)C(C)(C)C. The Morgan fingerprint density at radius 1 is 1.33 bits per heavy atom. The third kappa shape index (κ3) is 5.67. The van der Waals surface area contributed by atoms with Crippen molar-refractivity contribution in [1.82, 2.24) is 0 Å². The molecule has 140 valence electrons. The molecule has 1 N–H and O–H groups in total. The number of esters is 1. The molecule has 1 fully saturated rings. The fraction of sp³-hybridized carbons (Fsp3) is 0.824. The van der Waals surface area contributed by atoms with Crippen LogP contribution < -0.4 is 0 Å². The first kappa shape index (κ1) is 21.3. The molecule has 0 aromatic rings. The van der Waals surface area contributed by atoms with Crippen molar-refractivity contribution in [2.75, 3.05) is 13.7 Å². The Morgan fingerprint density at radius 3 is 2.42 bits per heavy atom. The average Bonchev–Trinajstić information content (AvgIpc) is 2.76. The molecule has 0 aromatic carbocycles. The van der Waals surface area contributed by atoms with E-state index in [9.17, 15) is 9.90 Å². The van der Waals surface area contributed by atoms with E-state index >= 15 is 0 Å². The summed E-state index contributed by atoms with van der Waals surface area (Å²) in [6.07, 6.45) is 0.834. The zero-order valence-corrected chi connectivity index (χ0v) is 17.1. The summed E-state index contributed by atoms with van der Waals surface area (Å²) in [6.45, 7) is 14.4. The first-order valence-corrected chi connectivity index (χ1v) is 11.1. The van der Waals surface area contributed by atoms with Crippen LogP contribution in [0.25, 0.3) is 0 Å². The maximum atomic E-state index is 11.3. The van der Waals surface area contributed by atoms with E-state index < -0.39 is 38.4 Å². The lowest BCUT2D eigenvalue weighted by atomic mass is 10.1. The van der Waals surface area contributed by atoms with Gasteiger partial charge in [0.05, 0.1) is 13.7 Å². The van der Waals surface area contributed by atoms with Crippen molar-refractivity contribution < 1.29 is 28.5 Å². The summed E-state index contributed by atoms with van der Waals surface area (Å²) in [6, 6.07) is 0. The van der Waals surface area contributed by atoms with Gasteiger partial charge in [-0.3, -0.25) is 0 Å². The van der Waals surface area contributed by atoms with Crippen LogP contribution in [0.1, 0.15) is 34.6 Å². The summed E-state index contributed by atoms with van der Waals surface area (Å²) in [7, 11) is -0.659. The Kier molecular flexibility index (Phi) is 6.80.